The molecule has 0 bridgehead atoms. The Labute approximate surface area is 143 Å². The van der Waals surface area contributed by atoms with Crippen molar-refractivity contribution in [2.24, 2.45) is 0 Å². The summed E-state index contributed by atoms with van der Waals surface area (Å²) in [5, 5.41) is 4.84. The zero-order chi connectivity index (χ0) is 16.4. The van der Waals surface area contributed by atoms with E-state index in [0.717, 1.165) is 16.8 Å². The van der Waals surface area contributed by atoms with E-state index in [1.54, 1.807) is 22.7 Å². The molecule has 0 unspecified atom stereocenters. The largest absolute Gasteiger partial charge is 0.324 e. The lowest BCUT2D eigenvalue weighted by Gasteiger charge is -2.23. The molecule has 0 spiro atoms. The van der Waals surface area contributed by atoms with E-state index < -0.39 is 6.04 Å². The van der Waals surface area contributed by atoms with Gasteiger partial charge >= 0.3 is 0 Å². The van der Waals surface area contributed by atoms with E-state index in [4.69, 9.17) is 0 Å². The van der Waals surface area contributed by atoms with Gasteiger partial charge in [-0.15, -0.1) is 23.1 Å². The second kappa shape index (κ2) is 6.76. The SMILES string of the molecule is Cc1ccc(NC(=O)[C@H]2CSCN2C(=O)c2cccs2)c(C)c1. The van der Waals surface area contributed by atoms with Gasteiger partial charge in [-0.3, -0.25) is 9.59 Å². The summed E-state index contributed by atoms with van der Waals surface area (Å²) in [7, 11) is 0. The van der Waals surface area contributed by atoms with Crippen molar-refractivity contribution in [3.05, 3.63) is 51.7 Å². The van der Waals surface area contributed by atoms with E-state index in [9.17, 15) is 9.59 Å². The zero-order valence-electron chi connectivity index (χ0n) is 13.0. The molecule has 1 aliphatic heterocycles. The van der Waals surface area contributed by atoms with Crippen molar-refractivity contribution >= 4 is 40.6 Å². The monoisotopic (exact) mass is 346 g/mol. The number of anilines is 1. The highest BCUT2D eigenvalue weighted by atomic mass is 32.2. The number of benzene rings is 1. The molecule has 4 nitrogen and oxygen atoms in total. The highest BCUT2D eigenvalue weighted by Gasteiger charge is 2.35. The van der Waals surface area contributed by atoms with Crippen LogP contribution in [0.5, 0.6) is 0 Å². The first-order chi connectivity index (χ1) is 11.1. The first kappa shape index (κ1) is 16.1. The number of thiophene rings is 1. The van der Waals surface area contributed by atoms with Crippen LogP contribution in [0.2, 0.25) is 0 Å². The Kier molecular flexibility index (Phi) is 4.73. The number of hydrogen-bond acceptors (Lipinski definition) is 4. The van der Waals surface area contributed by atoms with Gasteiger partial charge in [0.2, 0.25) is 5.91 Å². The van der Waals surface area contributed by atoms with Crippen molar-refractivity contribution in [2.45, 2.75) is 19.9 Å². The molecule has 1 fully saturated rings. The van der Waals surface area contributed by atoms with Crippen LogP contribution in [0, 0.1) is 13.8 Å². The smallest absolute Gasteiger partial charge is 0.265 e. The van der Waals surface area contributed by atoms with Gasteiger partial charge < -0.3 is 10.2 Å². The molecule has 3 rings (SSSR count). The maximum atomic E-state index is 12.6. The van der Waals surface area contributed by atoms with Crippen LogP contribution in [0.15, 0.2) is 35.7 Å². The molecule has 1 N–H and O–H groups in total. The average molecular weight is 346 g/mol. The van der Waals surface area contributed by atoms with Gasteiger partial charge in [0.25, 0.3) is 5.91 Å². The summed E-state index contributed by atoms with van der Waals surface area (Å²) >= 11 is 3.02. The van der Waals surface area contributed by atoms with E-state index in [-0.39, 0.29) is 11.8 Å². The molecule has 1 aromatic heterocycles. The Bertz CT molecular complexity index is 728. The molecule has 2 aromatic rings. The minimum atomic E-state index is -0.421. The molecule has 120 valence electrons. The van der Waals surface area contributed by atoms with Crippen molar-refractivity contribution < 1.29 is 9.59 Å². The van der Waals surface area contributed by atoms with E-state index in [2.05, 4.69) is 5.32 Å². The molecular formula is C17H18N2O2S2. The Morgan fingerprint density at radius 1 is 1.26 bits per heavy atom. The van der Waals surface area contributed by atoms with Gasteiger partial charge in [0.15, 0.2) is 0 Å². The Balaban J connectivity index is 1.74. The molecule has 1 aromatic carbocycles. The first-order valence-electron chi connectivity index (χ1n) is 7.36. The number of nitrogens with one attached hydrogen (secondary N) is 1. The lowest BCUT2D eigenvalue weighted by atomic mass is 10.1. The van der Waals surface area contributed by atoms with Crippen LogP contribution in [0.4, 0.5) is 5.69 Å². The van der Waals surface area contributed by atoms with Crippen LogP contribution in [0.25, 0.3) is 0 Å². The minimum Gasteiger partial charge on any atom is -0.324 e. The summed E-state index contributed by atoms with van der Waals surface area (Å²) in [5.41, 5.74) is 2.99. The van der Waals surface area contributed by atoms with Crippen molar-refractivity contribution in [1.29, 1.82) is 0 Å². The van der Waals surface area contributed by atoms with Crippen molar-refractivity contribution in [3.8, 4) is 0 Å². The van der Waals surface area contributed by atoms with E-state index >= 15 is 0 Å². The van der Waals surface area contributed by atoms with Crippen LogP contribution >= 0.6 is 23.1 Å². The first-order valence-corrected chi connectivity index (χ1v) is 9.40. The Hall–Kier alpha value is -1.79. The normalized spacial score (nSPS) is 17.3. The standard InChI is InChI=1S/C17H18N2O2S2/c1-11-5-6-13(12(2)8-11)18-16(20)14-9-22-10-19(14)17(21)15-4-3-7-23-15/h3-8,14H,9-10H2,1-2H3,(H,18,20)/t14-/m1/s1. The fourth-order valence-electron chi connectivity index (χ4n) is 2.57. The van der Waals surface area contributed by atoms with Crippen LogP contribution in [-0.2, 0) is 4.79 Å². The summed E-state index contributed by atoms with van der Waals surface area (Å²) in [6.45, 7) is 3.99. The molecule has 0 saturated carbocycles. The van der Waals surface area contributed by atoms with Gasteiger partial charge in [0.05, 0.1) is 10.8 Å². The van der Waals surface area contributed by atoms with Gasteiger partial charge in [0.1, 0.15) is 6.04 Å². The summed E-state index contributed by atoms with van der Waals surface area (Å²) in [4.78, 5) is 27.5. The van der Waals surface area contributed by atoms with Gasteiger partial charge in [0, 0.05) is 11.4 Å². The van der Waals surface area contributed by atoms with Gasteiger partial charge in [-0.2, -0.15) is 0 Å². The molecule has 2 amide bonds. The number of aryl methyl sites for hydroxylation is 2. The number of rotatable bonds is 3. The minimum absolute atomic E-state index is 0.0641. The lowest BCUT2D eigenvalue weighted by Crippen LogP contribution is -2.44. The molecule has 2 heterocycles. The van der Waals surface area contributed by atoms with E-state index in [1.807, 2.05) is 43.5 Å². The third-order valence-corrected chi connectivity index (χ3v) is 5.69. The zero-order valence-corrected chi connectivity index (χ0v) is 14.7. The number of nitrogens with zero attached hydrogens (tertiary/aromatic N) is 1. The fourth-order valence-corrected chi connectivity index (χ4v) is 4.40. The summed E-state index contributed by atoms with van der Waals surface area (Å²) < 4.78 is 0. The quantitative estimate of drug-likeness (QED) is 0.925. The van der Waals surface area contributed by atoms with Crippen molar-refractivity contribution in [1.82, 2.24) is 4.90 Å². The number of hydrogen-bond donors (Lipinski definition) is 1. The van der Waals surface area contributed by atoms with Crippen molar-refractivity contribution in [2.75, 3.05) is 16.9 Å². The third-order valence-electron chi connectivity index (χ3n) is 3.82. The summed E-state index contributed by atoms with van der Waals surface area (Å²) in [5.74, 6) is 1.01. The predicted molar refractivity (Wildman–Crippen MR) is 96.1 cm³/mol. The van der Waals surface area contributed by atoms with E-state index in [0.29, 0.717) is 16.5 Å². The number of carbonyl (C=O) groups is 2. The number of carbonyl (C=O) groups excluding carboxylic acids is 2. The molecule has 1 saturated heterocycles. The Morgan fingerprint density at radius 3 is 2.78 bits per heavy atom. The highest BCUT2D eigenvalue weighted by Crippen LogP contribution is 2.26. The summed E-state index contributed by atoms with van der Waals surface area (Å²) in [6, 6.07) is 9.15. The second-order valence-corrected chi connectivity index (χ2v) is 7.52. The van der Waals surface area contributed by atoms with E-state index in [1.165, 1.54) is 11.3 Å². The van der Waals surface area contributed by atoms with Gasteiger partial charge in [-0.25, -0.2) is 0 Å². The topological polar surface area (TPSA) is 49.4 Å². The number of amides is 2. The maximum Gasteiger partial charge on any atom is 0.265 e. The fraction of sp³-hybridized carbons (Fsp3) is 0.294. The Morgan fingerprint density at radius 2 is 2.09 bits per heavy atom. The molecule has 0 aliphatic carbocycles. The molecule has 23 heavy (non-hydrogen) atoms. The average Bonchev–Trinajstić information content (AvgIpc) is 3.20. The molecule has 0 radical (unpaired) electrons. The predicted octanol–water partition coefficient (Wildman–Crippen LogP) is 3.52. The third kappa shape index (κ3) is 3.43. The van der Waals surface area contributed by atoms with Crippen LogP contribution < -0.4 is 5.32 Å². The highest BCUT2D eigenvalue weighted by molar-refractivity contribution is 7.99. The molecule has 1 aliphatic rings. The lowest BCUT2D eigenvalue weighted by molar-refractivity contribution is -0.119. The maximum absolute atomic E-state index is 12.6. The molecular weight excluding hydrogens is 328 g/mol. The van der Waals surface area contributed by atoms with Crippen LogP contribution in [0.3, 0.4) is 0 Å². The van der Waals surface area contributed by atoms with Crippen LogP contribution in [-0.4, -0.2) is 34.4 Å². The molecule has 6 heteroatoms. The van der Waals surface area contributed by atoms with Crippen LogP contribution in [0.1, 0.15) is 20.8 Å². The molecule has 1 atom stereocenters. The second-order valence-electron chi connectivity index (χ2n) is 5.58. The van der Waals surface area contributed by atoms with Crippen molar-refractivity contribution in [3.63, 3.8) is 0 Å². The van der Waals surface area contributed by atoms with Gasteiger partial charge in [-0.05, 0) is 36.9 Å². The van der Waals surface area contributed by atoms with Gasteiger partial charge in [-0.1, -0.05) is 23.8 Å². The summed E-state index contributed by atoms with van der Waals surface area (Å²) in [6.07, 6.45) is 0. The number of thioether (sulfide) groups is 1.